The summed E-state index contributed by atoms with van der Waals surface area (Å²) in [4.78, 5) is 12.0. The van der Waals surface area contributed by atoms with Gasteiger partial charge in [0.25, 0.3) is 0 Å². The summed E-state index contributed by atoms with van der Waals surface area (Å²) >= 11 is 5.82. The van der Waals surface area contributed by atoms with Gasteiger partial charge in [0, 0.05) is 11.1 Å². The predicted octanol–water partition coefficient (Wildman–Crippen LogP) is 1.49. The minimum atomic E-state index is -0.250. The summed E-state index contributed by atoms with van der Waals surface area (Å²) in [5, 5.41) is 3.63. The molecular weight excluding hydrogens is 252 g/mol. The Labute approximate surface area is 111 Å². The maximum Gasteiger partial charge on any atom is 0.227 e. The monoisotopic (exact) mass is 268 g/mol. The van der Waals surface area contributed by atoms with Gasteiger partial charge in [0.2, 0.25) is 5.91 Å². The number of halogens is 1. The third-order valence-electron chi connectivity index (χ3n) is 3.19. The summed E-state index contributed by atoms with van der Waals surface area (Å²) in [5.41, 5.74) is 6.82. The lowest BCUT2D eigenvalue weighted by Gasteiger charge is -2.18. The first-order chi connectivity index (χ1) is 8.58. The van der Waals surface area contributed by atoms with Crippen LogP contribution in [-0.4, -0.2) is 25.2 Å². The zero-order valence-electron chi connectivity index (χ0n) is 10.2. The van der Waals surface area contributed by atoms with Crippen molar-refractivity contribution < 1.29 is 9.53 Å². The summed E-state index contributed by atoms with van der Waals surface area (Å²) < 4.78 is 5.19. The average Bonchev–Trinajstić information content (AvgIpc) is 2.76. The van der Waals surface area contributed by atoms with E-state index in [1.807, 2.05) is 31.2 Å². The van der Waals surface area contributed by atoms with Gasteiger partial charge in [0.15, 0.2) is 0 Å². The summed E-state index contributed by atoms with van der Waals surface area (Å²) in [5.74, 6) is -0.304. The number of nitrogens with two attached hydrogens (primary N) is 1. The van der Waals surface area contributed by atoms with Crippen molar-refractivity contribution in [2.45, 2.75) is 19.0 Å². The summed E-state index contributed by atoms with van der Waals surface area (Å²) in [6, 6.07) is 7.15. The van der Waals surface area contributed by atoms with Crippen molar-refractivity contribution >= 4 is 17.5 Å². The molecular formula is C13H17ClN2O2. The fourth-order valence-electron chi connectivity index (χ4n) is 2.00. The lowest BCUT2D eigenvalue weighted by Crippen LogP contribution is -2.41. The Morgan fingerprint density at radius 3 is 2.67 bits per heavy atom. The van der Waals surface area contributed by atoms with Gasteiger partial charge in [-0.1, -0.05) is 23.7 Å². The lowest BCUT2D eigenvalue weighted by molar-refractivity contribution is -0.125. The van der Waals surface area contributed by atoms with Crippen LogP contribution >= 0.6 is 11.6 Å². The van der Waals surface area contributed by atoms with Crippen LogP contribution in [-0.2, 0) is 9.53 Å². The third kappa shape index (κ3) is 3.02. The van der Waals surface area contributed by atoms with Crippen molar-refractivity contribution in [3.8, 4) is 0 Å². The molecule has 1 aromatic carbocycles. The second kappa shape index (κ2) is 5.69. The predicted molar refractivity (Wildman–Crippen MR) is 70.3 cm³/mol. The third-order valence-corrected chi connectivity index (χ3v) is 3.44. The van der Waals surface area contributed by atoms with Crippen LogP contribution in [0.4, 0.5) is 0 Å². The quantitative estimate of drug-likeness (QED) is 0.873. The fourth-order valence-corrected chi connectivity index (χ4v) is 2.12. The van der Waals surface area contributed by atoms with Crippen LogP contribution in [0.3, 0.4) is 0 Å². The number of ether oxygens (including phenoxy) is 1. The molecule has 1 amide bonds. The number of hydrogen-bond acceptors (Lipinski definition) is 3. The SMILES string of the molecule is C[C@H](NC(=O)C1COCC1N)c1ccc(Cl)cc1. The van der Waals surface area contributed by atoms with E-state index >= 15 is 0 Å². The number of amides is 1. The maximum absolute atomic E-state index is 12.0. The molecule has 0 saturated carbocycles. The van der Waals surface area contributed by atoms with Crippen LogP contribution in [0, 0.1) is 5.92 Å². The number of carbonyl (C=O) groups excluding carboxylic acids is 1. The summed E-state index contributed by atoms with van der Waals surface area (Å²) in [7, 11) is 0. The van der Waals surface area contributed by atoms with E-state index in [0.717, 1.165) is 5.56 Å². The van der Waals surface area contributed by atoms with Gasteiger partial charge in [-0.2, -0.15) is 0 Å². The first-order valence-electron chi connectivity index (χ1n) is 5.97. The van der Waals surface area contributed by atoms with Crippen LogP contribution in [0.25, 0.3) is 0 Å². The molecule has 1 aliphatic rings. The zero-order valence-corrected chi connectivity index (χ0v) is 11.0. The van der Waals surface area contributed by atoms with E-state index in [1.54, 1.807) is 0 Å². The van der Waals surface area contributed by atoms with E-state index in [-0.39, 0.29) is 23.9 Å². The molecule has 0 spiro atoms. The molecule has 1 saturated heterocycles. The van der Waals surface area contributed by atoms with Gasteiger partial charge in [0.1, 0.15) is 0 Å². The lowest BCUT2D eigenvalue weighted by atomic mass is 10.0. The van der Waals surface area contributed by atoms with Crippen LogP contribution in [0.1, 0.15) is 18.5 Å². The largest absolute Gasteiger partial charge is 0.379 e. The van der Waals surface area contributed by atoms with Gasteiger partial charge in [-0.15, -0.1) is 0 Å². The van der Waals surface area contributed by atoms with Gasteiger partial charge in [-0.3, -0.25) is 4.79 Å². The highest BCUT2D eigenvalue weighted by Gasteiger charge is 2.31. The summed E-state index contributed by atoms with van der Waals surface area (Å²) in [6.07, 6.45) is 0. The van der Waals surface area contributed by atoms with Crippen molar-refractivity contribution in [1.29, 1.82) is 0 Å². The molecule has 0 aromatic heterocycles. The van der Waals surface area contributed by atoms with Gasteiger partial charge in [-0.25, -0.2) is 0 Å². The zero-order chi connectivity index (χ0) is 13.1. The van der Waals surface area contributed by atoms with Gasteiger partial charge >= 0.3 is 0 Å². The molecule has 3 N–H and O–H groups in total. The smallest absolute Gasteiger partial charge is 0.227 e. The highest BCUT2D eigenvalue weighted by Crippen LogP contribution is 2.18. The molecule has 98 valence electrons. The summed E-state index contributed by atoms with van der Waals surface area (Å²) in [6.45, 7) is 2.79. The Hall–Kier alpha value is -1.10. The van der Waals surface area contributed by atoms with E-state index < -0.39 is 0 Å². The van der Waals surface area contributed by atoms with Crippen molar-refractivity contribution in [1.82, 2.24) is 5.32 Å². The molecule has 0 bridgehead atoms. The number of nitrogens with one attached hydrogen (secondary N) is 1. The van der Waals surface area contributed by atoms with E-state index in [0.29, 0.717) is 18.2 Å². The minimum absolute atomic E-state index is 0.0533. The van der Waals surface area contributed by atoms with Gasteiger partial charge in [-0.05, 0) is 24.6 Å². The normalized spacial score (nSPS) is 24.8. The number of hydrogen-bond donors (Lipinski definition) is 2. The molecule has 4 nitrogen and oxygen atoms in total. The van der Waals surface area contributed by atoms with E-state index in [2.05, 4.69) is 5.32 Å². The van der Waals surface area contributed by atoms with Crippen LogP contribution in [0.2, 0.25) is 5.02 Å². The molecule has 1 aromatic rings. The van der Waals surface area contributed by atoms with E-state index in [1.165, 1.54) is 0 Å². The standard InChI is InChI=1S/C13H17ClN2O2/c1-8(9-2-4-10(14)5-3-9)16-13(17)11-6-18-7-12(11)15/h2-5,8,11-12H,6-7,15H2,1H3,(H,16,17)/t8-,11?,12?/m0/s1. The molecule has 3 atom stereocenters. The maximum atomic E-state index is 12.0. The van der Waals surface area contributed by atoms with Crippen molar-refractivity contribution in [2.24, 2.45) is 11.7 Å². The van der Waals surface area contributed by atoms with Crippen LogP contribution < -0.4 is 11.1 Å². The number of benzene rings is 1. The van der Waals surface area contributed by atoms with Crippen LogP contribution in [0.15, 0.2) is 24.3 Å². The van der Waals surface area contributed by atoms with E-state index in [4.69, 9.17) is 22.1 Å². The molecule has 18 heavy (non-hydrogen) atoms. The second-order valence-corrected chi connectivity index (χ2v) is 5.03. The minimum Gasteiger partial charge on any atom is -0.379 e. The van der Waals surface area contributed by atoms with E-state index in [9.17, 15) is 4.79 Å². The van der Waals surface area contributed by atoms with Gasteiger partial charge < -0.3 is 15.8 Å². The Morgan fingerprint density at radius 1 is 1.44 bits per heavy atom. The second-order valence-electron chi connectivity index (χ2n) is 4.59. The Morgan fingerprint density at radius 2 is 2.11 bits per heavy atom. The Bertz CT molecular complexity index is 422. The first-order valence-corrected chi connectivity index (χ1v) is 6.35. The average molecular weight is 269 g/mol. The molecule has 2 rings (SSSR count). The Kier molecular flexibility index (Phi) is 4.22. The Balaban J connectivity index is 1.96. The molecule has 5 heteroatoms. The molecule has 0 aliphatic carbocycles. The molecule has 0 radical (unpaired) electrons. The highest BCUT2D eigenvalue weighted by atomic mass is 35.5. The molecule has 1 aliphatic heterocycles. The number of carbonyl (C=O) groups is 1. The number of rotatable bonds is 3. The van der Waals surface area contributed by atoms with Crippen molar-refractivity contribution in [3.63, 3.8) is 0 Å². The molecule has 1 fully saturated rings. The highest BCUT2D eigenvalue weighted by molar-refractivity contribution is 6.30. The first kappa shape index (κ1) is 13.3. The fraction of sp³-hybridized carbons (Fsp3) is 0.462. The van der Waals surface area contributed by atoms with Crippen molar-refractivity contribution in [3.05, 3.63) is 34.9 Å². The molecule has 2 unspecified atom stereocenters. The van der Waals surface area contributed by atoms with Crippen molar-refractivity contribution in [2.75, 3.05) is 13.2 Å². The van der Waals surface area contributed by atoms with Crippen LogP contribution in [0.5, 0.6) is 0 Å². The van der Waals surface area contributed by atoms with Gasteiger partial charge in [0.05, 0.1) is 25.2 Å². The molecule has 1 heterocycles. The topological polar surface area (TPSA) is 64.3 Å².